The summed E-state index contributed by atoms with van der Waals surface area (Å²) < 4.78 is 11.2. The molecule has 0 radical (unpaired) electrons. The number of ether oxygens (including phenoxy) is 2. The highest BCUT2D eigenvalue weighted by Crippen LogP contribution is 2.51. The standard InChI is InChI=1S/C24H30ClNO3/c1-28-18-10-11-19(22(15-18)29-2)23-20-8-5-6-12-24(20,27)13-14-26(23)16-17-7-3-4-9-21(17)25/h3-4,7,9-11,15,20,23,27H,5-6,8,12-14,16H2,1-2H3/t20-,23+,24-/m1/s1. The Morgan fingerprint density at radius 1 is 1.10 bits per heavy atom. The van der Waals surface area contributed by atoms with Gasteiger partial charge in [0.25, 0.3) is 0 Å². The number of hydrogen-bond acceptors (Lipinski definition) is 4. The third-order valence-electron chi connectivity index (χ3n) is 6.76. The van der Waals surface area contributed by atoms with Gasteiger partial charge in [-0.25, -0.2) is 0 Å². The summed E-state index contributed by atoms with van der Waals surface area (Å²) in [6.07, 6.45) is 4.96. The van der Waals surface area contributed by atoms with E-state index in [9.17, 15) is 5.11 Å². The zero-order valence-corrected chi connectivity index (χ0v) is 18.0. The van der Waals surface area contributed by atoms with Crippen molar-refractivity contribution in [3.05, 3.63) is 58.6 Å². The van der Waals surface area contributed by atoms with E-state index < -0.39 is 5.60 Å². The number of rotatable bonds is 5. The zero-order chi connectivity index (χ0) is 20.4. The van der Waals surface area contributed by atoms with Crippen LogP contribution in [0, 0.1) is 5.92 Å². The fraction of sp³-hybridized carbons (Fsp3) is 0.500. The van der Waals surface area contributed by atoms with Crippen molar-refractivity contribution in [1.29, 1.82) is 0 Å². The van der Waals surface area contributed by atoms with Gasteiger partial charge in [0, 0.05) is 41.7 Å². The first-order valence-corrected chi connectivity index (χ1v) is 10.9. The van der Waals surface area contributed by atoms with Crippen LogP contribution in [0.4, 0.5) is 0 Å². The van der Waals surface area contributed by atoms with E-state index in [4.69, 9.17) is 21.1 Å². The Kier molecular flexibility index (Phi) is 6.05. The quantitative estimate of drug-likeness (QED) is 0.726. The first-order chi connectivity index (χ1) is 14.1. The highest BCUT2D eigenvalue weighted by molar-refractivity contribution is 6.31. The number of halogens is 1. The van der Waals surface area contributed by atoms with E-state index in [2.05, 4.69) is 17.0 Å². The average Bonchev–Trinajstić information content (AvgIpc) is 2.75. The van der Waals surface area contributed by atoms with Crippen LogP contribution in [0.5, 0.6) is 11.5 Å². The van der Waals surface area contributed by atoms with Crippen molar-refractivity contribution in [2.75, 3.05) is 20.8 Å². The molecule has 1 saturated carbocycles. The van der Waals surface area contributed by atoms with Crippen LogP contribution in [0.15, 0.2) is 42.5 Å². The number of benzene rings is 2. The van der Waals surface area contributed by atoms with Gasteiger partial charge < -0.3 is 14.6 Å². The highest BCUT2D eigenvalue weighted by Gasteiger charge is 2.49. The van der Waals surface area contributed by atoms with Crippen LogP contribution in [0.1, 0.15) is 49.3 Å². The lowest BCUT2D eigenvalue weighted by Crippen LogP contribution is -2.54. The number of methoxy groups -OCH3 is 2. The van der Waals surface area contributed by atoms with Crippen molar-refractivity contribution in [2.24, 2.45) is 5.92 Å². The number of piperidine rings is 1. The second-order valence-corrected chi connectivity index (χ2v) is 8.73. The van der Waals surface area contributed by atoms with Crippen molar-refractivity contribution in [3.8, 4) is 11.5 Å². The molecule has 0 aromatic heterocycles. The first kappa shape index (κ1) is 20.5. The number of likely N-dealkylation sites (tertiary alicyclic amines) is 1. The monoisotopic (exact) mass is 415 g/mol. The van der Waals surface area contributed by atoms with Crippen molar-refractivity contribution in [3.63, 3.8) is 0 Å². The molecule has 1 aliphatic heterocycles. The SMILES string of the molecule is COc1ccc([C@H]2[C@H]3CCCC[C@@]3(O)CCN2Cc2ccccc2Cl)c(OC)c1. The minimum absolute atomic E-state index is 0.0752. The Bertz CT molecular complexity index is 858. The van der Waals surface area contributed by atoms with Crippen LogP contribution in [0.2, 0.25) is 5.02 Å². The maximum Gasteiger partial charge on any atom is 0.127 e. The van der Waals surface area contributed by atoms with E-state index in [0.29, 0.717) is 0 Å². The molecule has 0 amide bonds. The normalized spacial score (nSPS) is 27.3. The predicted molar refractivity (Wildman–Crippen MR) is 116 cm³/mol. The molecule has 2 aromatic carbocycles. The molecule has 1 N–H and O–H groups in total. The van der Waals surface area contributed by atoms with Gasteiger partial charge >= 0.3 is 0 Å². The molecule has 4 rings (SSSR count). The third-order valence-corrected chi connectivity index (χ3v) is 7.13. The first-order valence-electron chi connectivity index (χ1n) is 10.5. The van der Waals surface area contributed by atoms with Gasteiger partial charge in [0.1, 0.15) is 11.5 Å². The summed E-state index contributed by atoms with van der Waals surface area (Å²) in [6.45, 7) is 1.59. The van der Waals surface area contributed by atoms with E-state index in [1.54, 1.807) is 14.2 Å². The molecule has 2 fully saturated rings. The van der Waals surface area contributed by atoms with Gasteiger partial charge in [-0.2, -0.15) is 0 Å². The van der Waals surface area contributed by atoms with Crippen LogP contribution in [-0.2, 0) is 6.54 Å². The van der Waals surface area contributed by atoms with E-state index in [1.807, 2.05) is 30.3 Å². The maximum atomic E-state index is 11.5. The predicted octanol–water partition coefficient (Wildman–Crippen LogP) is 5.23. The Morgan fingerprint density at radius 2 is 1.93 bits per heavy atom. The van der Waals surface area contributed by atoms with Gasteiger partial charge in [0.15, 0.2) is 0 Å². The largest absolute Gasteiger partial charge is 0.497 e. The second-order valence-electron chi connectivity index (χ2n) is 8.32. The maximum absolute atomic E-state index is 11.5. The van der Waals surface area contributed by atoms with Gasteiger partial charge in [-0.3, -0.25) is 4.90 Å². The van der Waals surface area contributed by atoms with Gasteiger partial charge in [-0.05, 0) is 37.0 Å². The van der Waals surface area contributed by atoms with Crippen molar-refractivity contribution < 1.29 is 14.6 Å². The number of aliphatic hydroxyl groups is 1. The van der Waals surface area contributed by atoms with Gasteiger partial charge in [-0.15, -0.1) is 0 Å². The average molecular weight is 416 g/mol. The summed E-state index contributed by atoms with van der Waals surface area (Å²) in [6, 6.07) is 14.1. The minimum atomic E-state index is -0.606. The molecule has 3 atom stereocenters. The smallest absolute Gasteiger partial charge is 0.127 e. The van der Waals surface area contributed by atoms with Crippen LogP contribution in [0.3, 0.4) is 0 Å². The highest BCUT2D eigenvalue weighted by atomic mass is 35.5. The van der Waals surface area contributed by atoms with Crippen LogP contribution < -0.4 is 9.47 Å². The van der Waals surface area contributed by atoms with E-state index in [-0.39, 0.29) is 12.0 Å². The molecule has 1 heterocycles. The molecule has 5 heteroatoms. The summed E-state index contributed by atoms with van der Waals surface area (Å²) in [5.41, 5.74) is 1.63. The molecule has 1 saturated heterocycles. The van der Waals surface area contributed by atoms with Crippen molar-refractivity contribution in [1.82, 2.24) is 4.90 Å². The number of fused-ring (bicyclic) bond motifs is 1. The van der Waals surface area contributed by atoms with E-state index >= 15 is 0 Å². The molecule has 2 aromatic rings. The second kappa shape index (κ2) is 8.55. The molecule has 156 valence electrons. The number of nitrogens with zero attached hydrogens (tertiary/aromatic N) is 1. The summed E-state index contributed by atoms with van der Waals surface area (Å²) >= 11 is 6.48. The van der Waals surface area contributed by atoms with Crippen molar-refractivity contribution in [2.45, 2.75) is 50.3 Å². The van der Waals surface area contributed by atoms with Gasteiger partial charge in [-0.1, -0.05) is 48.7 Å². The number of hydrogen-bond donors (Lipinski definition) is 1. The fourth-order valence-electron chi connectivity index (χ4n) is 5.24. The fourth-order valence-corrected chi connectivity index (χ4v) is 5.44. The summed E-state index contributed by atoms with van der Waals surface area (Å²) in [5, 5.41) is 12.3. The Hall–Kier alpha value is -1.75. The Balaban J connectivity index is 1.76. The lowest BCUT2D eigenvalue weighted by Gasteiger charge is -2.53. The molecule has 4 nitrogen and oxygen atoms in total. The molecular weight excluding hydrogens is 386 g/mol. The van der Waals surface area contributed by atoms with Crippen LogP contribution in [0.25, 0.3) is 0 Å². The van der Waals surface area contributed by atoms with E-state index in [1.165, 1.54) is 0 Å². The van der Waals surface area contributed by atoms with Crippen LogP contribution in [-0.4, -0.2) is 36.4 Å². The van der Waals surface area contributed by atoms with Gasteiger partial charge in [0.05, 0.1) is 19.8 Å². The minimum Gasteiger partial charge on any atom is -0.497 e. The summed E-state index contributed by atoms with van der Waals surface area (Å²) in [5.74, 6) is 1.76. The van der Waals surface area contributed by atoms with E-state index in [0.717, 1.165) is 72.8 Å². The Morgan fingerprint density at radius 3 is 2.69 bits per heavy atom. The molecule has 2 aliphatic rings. The lowest BCUT2D eigenvalue weighted by molar-refractivity contribution is -0.126. The summed E-state index contributed by atoms with van der Waals surface area (Å²) in [4.78, 5) is 2.47. The third kappa shape index (κ3) is 3.98. The Labute approximate surface area is 178 Å². The van der Waals surface area contributed by atoms with Gasteiger partial charge in [0.2, 0.25) is 0 Å². The topological polar surface area (TPSA) is 41.9 Å². The lowest BCUT2D eigenvalue weighted by atomic mass is 9.66. The zero-order valence-electron chi connectivity index (χ0n) is 17.2. The van der Waals surface area contributed by atoms with Crippen molar-refractivity contribution >= 4 is 11.6 Å². The molecule has 0 spiro atoms. The molecule has 0 bridgehead atoms. The molecular formula is C24H30ClNO3. The molecule has 29 heavy (non-hydrogen) atoms. The van der Waals surface area contributed by atoms with Crippen LogP contribution >= 0.6 is 11.6 Å². The molecule has 1 aliphatic carbocycles. The molecule has 0 unspecified atom stereocenters. The summed E-state index contributed by atoms with van der Waals surface area (Å²) in [7, 11) is 3.37.